The monoisotopic (exact) mass is 221 g/mol. The third-order valence-corrected chi connectivity index (χ3v) is 2.40. The summed E-state index contributed by atoms with van der Waals surface area (Å²) in [6.45, 7) is 1.92. The van der Waals surface area contributed by atoms with Crippen LogP contribution in [0.5, 0.6) is 0 Å². The number of nitriles is 1. The van der Waals surface area contributed by atoms with Crippen LogP contribution in [-0.4, -0.2) is 5.78 Å². The van der Waals surface area contributed by atoms with Crippen LogP contribution in [-0.2, 0) is 4.79 Å². The van der Waals surface area contributed by atoms with Gasteiger partial charge in [0, 0.05) is 11.4 Å². The molecular weight excluding hydrogens is 210 g/mol. The summed E-state index contributed by atoms with van der Waals surface area (Å²) in [5.74, 6) is -0.676. The third-order valence-electron chi connectivity index (χ3n) is 2.15. The highest BCUT2D eigenvalue weighted by molar-refractivity contribution is 6.30. The Morgan fingerprint density at radius 2 is 2.07 bits per heavy atom. The highest BCUT2D eigenvalue weighted by Crippen LogP contribution is 2.20. The van der Waals surface area contributed by atoms with E-state index in [-0.39, 0.29) is 5.78 Å². The standard InChI is InChI=1S/C12H12ClNO/c1-2-3-12(15)11(8-14)9-4-6-10(13)7-5-9/h4-7,11H,2-3H2,1H3. The first-order valence-electron chi connectivity index (χ1n) is 4.86. The Labute approximate surface area is 94.5 Å². The third kappa shape index (κ3) is 3.07. The van der Waals surface area contributed by atoms with E-state index in [1.54, 1.807) is 24.3 Å². The maximum Gasteiger partial charge on any atom is 0.154 e. The molecule has 0 aliphatic rings. The van der Waals surface area contributed by atoms with Crippen molar-refractivity contribution in [3.8, 4) is 6.07 Å². The van der Waals surface area contributed by atoms with Crippen LogP contribution in [0, 0.1) is 11.3 Å². The van der Waals surface area contributed by atoms with Gasteiger partial charge in [-0.3, -0.25) is 4.79 Å². The Balaban J connectivity index is 2.89. The molecule has 0 aromatic heterocycles. The van der Waals surface area contributed by atoms with Gasteiger partial charge in [-0.1, -0.05) is 30.7 Å². The van der Waals surface area contributed by atoms with Gasteiger partial charge in [-0.15, -0.1) is 0 Å². The molecule has 0 saturated heterocycles. The lowest BCUT2D eigenvalue weighted by Crippen LogP contribution is -2.09. The van der Waals surface area contributed by atoms with Gasteiger partial charge in [-0.2, -0.15) is 5.26 Å². The van der Waals surface area contributed by atoms with E-state index in [9.17, 15) is 4.79 Å². The zero-order valence-electron chi connectivity index (χ0n) is 8.53. The zero-order valence-corrected chi connectivity index (χ0v) is 9.29. The fourth-order valence-electron chi connectivity index (χ4n) is 1.38. The predicted molar refractivity (Wildman–Crippen MR) is 59.7 cm³/mol. The molecule has 0 fully saturated rings. The first-order valence-corrected chi connectivity index (χ1v) is 5.24. The number of carbonyl (C=O) groups excluding carboxylic acids is 1. The topological polar surface area (TPSA) is 40.9 Å². The van der Waals surface area contributed by atoms with Gasteiger partial charge in [0.2, 0.25) is 0 Å². The molecule has 3 heteroatoms. The van der Waals surface area contributed by atoms with Crippen LogP contribution in [0.25, 0.3) is 0 Å². The number of nitrogens with zero attached hydrogens (tertiary/aromatic N) is 1. The summed E-state index contributed by atoms with van der Waals surface area (Å²) in [4.78, 5) is 11.6. The van der Waals surface area contributed by atoms with Crippen LogP contribution in [0.4, 0.5) is 0 Å². The zero-order chi connectivity index (χ0) is 11.3. The summed E-state index contributed by atoms with van der Waals surface area (Å²) in [7, 11) is 0. The van der Waals surface area contributed by atoms with Crippen LogP contribution >= 0.6 is 11.6 Å². The molecule has 1 rings (SSSR count). The van der Waals surface area contributed by atoms with Crippen molar-refractivity contribution in [3.63, 3.8) is 0 Å². The van der Waals surface area contributed by atoms with Crippen molar-refractivity contribution >= 4 is 17.4 Å². The minimum Gasteiger partial charge on any atom is -0.298 e. The largest absolute Gasteiger partial charge is 0.298 e. The molecular formula is C12H12ClNO. The molecule has 0 N–H and O–H groups in total. The van der Waals surface area contributed by atoms with Crippen molar-refractivity contribution in [2.75, 3.05) is 0 Å². The molecule has 0 bridgehead atoms. The summed E-state index contributed by atoms with van der Waals surface area (Å²) >= 11 is 5.73. The Morgan fingerprint density at radius 3 is 2.53 bits per heavy atom. The van der Waals surface area contributed by atoms with Crippen LogP contribution in [0.2, 0.25) is 5.02 Å². The van der Waals surface area contributed by atoms with E-state index >= 15 is 0 Å². The predicted octanol–water partition coefficient (Wildman–Crippen LogP) is 3.32. The van der Waals surface area contributed by atoms with Crippen molar-refractivity contribution < 1.29 is 4.79 Å². The Bertz CT molecular complexity index is 378. The Hall–Kier alpha value is -1.33. The second-order valence-corrected chi connectivity index (χ2v) is 3.77. The average molecular weight is 222 g/mol. The van der Waals surface area contributed by atoms with Crippen LogP contribution < -0.4 is 0 Å². The SMILES string of the molecule is CCCC(=O)C(C#N)c1ccc(Cl)cc1. The van der Waals surface area contributed by atoms with Crippen LogP contribution in [0.15, 0.2) is 24.3 Å². The normalized spacial score (nSPS) is 11.8. The Morgan fingerprint density at radius 1 is 1.47 bits per heavy atom. The number of ketones is 1. The second kappa shape index (κ2) is 5.53. The van der Waals surface area contributed by atoms with E-state index in [1.807, 2.05) is 13.0 Å². The molecule has 78 valence electrons. The molecule has 0 radical (unpaired) electrons. The van der Waals surface area contributed by atoms with Crippen molar-refractivity contribution in [3.05, 3.63) is 34.9 Å². The molecule has 0 spiro atoms. The number of hydrogen-bond donors (Lipinski definition) is 0. The highest BCUT2D eigenvalue weighted by atomic mass is 35.5. The summed E-state index contributed by atoms with van der Waals surface area (Å²) < 4.78 is 0. The molecule has 0 amide bonds. The van der Waals surface area contributed by atoms with E-state index in [0.717, 1.165) is 12.0 Å². The Kier molecular flexibility index (Phi) is 4.33. The summed E-state index contributed by atoms with van der Waals surface area (Å²) in [6.07, 6.45) is 1.21. The quantitative estimate of drug-likeness (QED) is 0.783. The van der Waals surface area contributed by atoms with Gasteiger partial charge in [0.25, 0.3) is 0 Å². The first kappa shape index (κ1) is 11.7. The van der Waals surface area contributed by atoms with E-state index in [0.29, 0.717) is 11.4 Å². The number of rotatable bonds is 4. The molecule has 1 aromatic carbocycles. The summed E-state index contributed by atoms with van der Waals surface area (Å²) in [5, 5.41) is 9.55. The number of halogens is 1. The lowest BCUT2D eigenvalue weighted by atomic mass is 9.94. The van der Waals surface area contributed by atoms with Crippen molar-refractivity contribution in [2.24, 2.45) is 0 Å². The van der Waals surface area contributed by atoms with Crippen LogP contribution in [0.1, 0.15) is 31.2 Å². The molecule has 1 atom stereocenters. The van der Waals surface area contributed by atoms with Gasteiger partial charge < -0.3 is 0 Å². The molecule has 15 heavy (non-hydrogen) atoms. The van der Waals surface area contributed by atoms with Gasteiger partial charge in [-0.05, 0) is 24.1 Å². The van der Waals surface area contributed by atoms with Crippen molar-refractivity contribution in [2.45, 2.75) is 25.7 Å². The van der Waals surface area contributed by atoms with E-state index in [4.69, 9.17) is 16.9 Å². The summed E-state index contributed by atoms with van der Waals surface area (Å²) in [6, 6.07) is 8.87. The lowest BCUT2D eigenvalue weighted by molar-refractivity contribution is -0.119. The minimum absolute atomic E-state index is 0.0256. The number of carbonyl (C=O) groups is 1. The molecule has 0 saturated carbocycles. The van der Waals surface area contributed by atoms with Gasteiger partial charge in [-0.25, -0.2) is 0 Å². The van der Waals surface area contributed by atoms with Crippen LogP contribution in [0.3, 0.4) is 0 Å². The first-order chi connectivity index (χ1) is 7.19. The molecule has 0 aliphatic heterocycles. The maximum atomic E-state index is 11.6. The van der Waals surface area contributed by atoms with E-state index in [2.05, 4.69) is 0 Å². The van der Waals surface area contributed by atoms with Gasteiger partial charge in [0.1, 0.15) is 5.92 Å². The number of benzene rings is 1. The lowest BCUT2D eigenvalue weighted by Gasteiger charge is -2.07. The molecule has 2 nitrogen and oxygen atoms in total. The highest BCUT2D eigenvalue weighted by Gasteiger charge is 2.18. The molecule has 1 unspecified atom stereocenters. The fraction of sp³-hybridized carbons (Fsp3) is 0.333. The maximum absolute atomic E-state index is 11.6. The molecule has 0 aliphatic carbocycles. The van der Waals surface area contributed by atoms with Crippen molar-refractivity contribution in [1.29, 1.82) is 5.26 Å². The smallest absolute Gasteiger partial charge is 0.154 e. The van der Waals surface area contributed by atoms with E-state index < -0.39 is 5.92 Å². The molecule has 1 aromatic rings. The molecule has 0 heterocycles. The van der Waals surface area contributed by atoms with Gasteiger partial charge >= 0.3 is 0 Å². The van der Waals surface area contributed by atoms with Crippen molar-refractivity contribution in [1.82, 2.24) is 0 Å². The second-order valence-electron chi connectivity index (χ2n) is 3.33. The fourth-order valence-corrected chi connectivity index (χ4v) is 1.50. The summed E-state index contributed by atoms with van der Waals surface area (Å²) in [5.41, 5.74) is 0.723. The minimum atomic E-state index is -0.651. The average Bonchev–Trinajstić information content (AvgIpc) is 2.22. The van der Waals surface area contributed by atoms with Gasteiger partial charge in [0.15, 0.2) is 5.78 Å². The van der Waals surface area contributed by atoms with E-state index in [1.165, 1.54) is 0 Å². The van der Waals surface area contributed by atoms with Gasteiger partial charge in [0.05, 0.1) is 6.07 Å². The number of Topliss-reactive ketones (excluding diaryl/α,β-unsaturated/α-hetero) is 1. The number of hydrogen-bond acceptors (Lipinski definition) is 2.